The highest BCUT2D eigenvalue weighted by atomic mass is 16.5. The van der Waals surface area contributed by atoms with Crippen LogP contribution < -0.4 is 14.8 Å². The minimum Gasteiger partial charge on any atom is -0.497 e. The van der Waals surface area contributed by atoms with E-state index in [0.29, 0.717) is 41.9 Å². The number of hydrogen-bond donors (Lipinski definition) is 1. The smallest absolute Gasteiger partial charge is 0.272 e. The summed E-state index contributed by atoms with van der Waals surface area (Å²) in [7, 11) is 3.18. The van der Waals surface area contributed by atoms with Gasteiger partial charge in [-0.05, 0) is 35.7 Å². The van der Waals surface area contributed by atoms with E-state index in [9.17, 15) is 4.79 Å². The van der Waals surface area contributed by atoms with Gasteiger partial charge in [0.25, 0.3) is 5.91 Å². The zero-order chi connectivity index (χ0) is 20.2. The van der Waals surface area contributed by atoms with E-state index in [1.165, 1.54) is 11.1 Å². The second kappa shape index (κ2) is 8.18. The van der Waals surface area contributed by atoms with E-state index in [1.807, 2.05) is 17.0 Å². The number of ether oxygens (including phenoxy) is 2. The number of aromatic nitrogens is 2. The third kappa shape index (κ3) is 3.99. The maximum atomic E-state index is 13.0. The van der Waals surface area contributed by atoms with Crippen molar-refractivity contribution in [1.29, 1.82) is 0 Å². The first kappa shape index (κ1) is 18.7. The molecule has 0 spiro atoms. The van der Waals surface area contributed by atoms with Crippen molar-refractivity contribution in [1.82, 2.24) is 14.9 Å². The molecular formula is C22H22N4O3. The minimum atomic E-state index is -0.109. The van der Waals surface area contributed by atoms with Gasteiger partial charge >= 0.3 is 0 Å². The molecule has 0 bridgehead atoms. The Labute approximate surface area is 169 Å². The van der Waals surface area contributed by atoms with Gasteiger partial charge in [0.1, 0.15) is 17.2 Å². The van der Waals surface area contributed by atoms with Crippen LogP contribution in [-0.2, 0) is 13.0 Å². The van der Waals surface area contributed by atoms with Gasteiger partial charge in [0.2, 0.25) is 5.95 Å². The topological polar surface area (TPSA) is 76.6 Å². The lowest BCUT2D eigenvalue weighted by Crippen LogP contribution is -2.36. The number of fused-ring (bicyclic) bond motifs is 1. The van der Waals surface area contributed by atoms with Gasteiger partial charge in [0.15, 0.2) is 0 Å². The number of methoxy groups -OCH3 is 2. The van der Waals surface area contributed by atoms with Crippen LogP contribution in [0.25, 0.3) is 0 Å². The Hall–Kier alpha value is -3.61. The average Bonchev–Trinajstić information content (AvgIpc) is 2.78. The van der Waals surface area contributed by atoms with Gasteiger partial charge in [-0.1, -0.05) is 24.3 Å². The highest BCUT2D eigenvalue weighted by Gasteiger charge is 2.23. The predicted octanol–water partition coefficient (Wildman–Crippen LogP) is 3.44. The van der Waals surface area contributed by atoms with E-state index in [4.69, 9.17) is 9.47 Å². The molecule has 3 aromatic rings. The average molecular weight is 390 g/mol. The third-order valence-electron chi connectivity index (χ3n) is 4.95. The van der Waals surface area contributed by atoms with Crippen molar-refractivity contribution in [3.05, 3.63) is 71.5 Å². The number of rotatable bonds is 5. The van der Waals surface area contributed by atoms with Gasteiger partial charge in [-0.15, -0.1) is 0 Å². The number of nitrogens with one attached hydrogen (secondary N) is 1. The number of nitrogens with zero attached hydrogens (tertiary/aromatic N) is 3. The number of hydrogen-bond acceptors (Lipinski definition) is 6. The van der Waals surface area contributed by atoms with E-state index in [2.05, 4.69) is 27.4 Å². The zero-order valence-corrected chi connectivity index (χ0v) is 16.4. The molecule has 0 unspecified atom stereocenters. The lowest BCUT2D eigenvalue weighted by molar-refractivity contribution is 0.0728. The molecule has 1 N–H and O–H groups in total. The van der Waals surface area contributed by atoms with Gasteiger partial charge in [0, 0.05) is 25.4 Å². The number of benzene rings is 2. The van der Waals surface area contributed by atoms with Crippen LogP contribution in [0.15, 0.2) is 54.7 Å². The van der Waals surface area contributed by atoms with Crippen LogP contribution in [0.3, 0.4) is 0 Å². The van der Waals surface area contributed by atoms with Crippen LogP contribution in [0.1, 0.15) is 21.6 Å². The summed E-state index contributed by atoms with van der Waals surface area (Å²) in [6, 6.07) is 15.2. The van der Waals surface area contributed by atoms with Gasteiger partial charge in [-0.25, -0.2) is 9.97 Å². The van der Waals surface area contributed by atoms with Crippen molar-refractivity contribution < 1.29 is 14.3 Å². The summed E-state index contributed by atoms with van der Waals surface area (Å²) in [5.74, 6) is 1.51. The molecule has 1 aliphatic rings. The van der Waals surface area contributed by atoms with Gasteiger partial charge in [0.05, 0.1) is 19.9 Å². The summed E-state index contributed by atoms with van der Waals surface area (Å²) in [6.07, 6.45) is 2.42. The van der Waals surface area contributed by atoms with E-state index in [1.54, 1.807) is 44.7 Å². The first-order chi connectivity index (χ1) is 14.2. The molecule has 1 amide bonds. The molecule has 148 valence electrons. The van der Waals surface area contributed by atoms with Crippen LogP contribution in [0.4, 0.5) is 11.6 Å². The standard InChI is InChI=1S/C22H22N4O3/c1-28-17-7-8-20(29-2)19(13-17)25-22-23-11-9-18(24-22)21(27)26-12-10-15-5-3-4-6-16(15)14-26/h3-9,11,13H,10,12,14H2,1-2H3,(H,23,24,25). The normalized spacial score (nSPS) is 12.8. The van der Waals surface area contributed by atoms with Crippen molar-refractivity contribution in [2.24, 2.45) is 0 Å². The van der Waals surface area contributed by atoms with Crippen LogP contribution >= 0.6 is 0 Å². The Morgan fingerprint density at radius 1 is 1.07 bits per heavy atom. The third-order valence-corrected chi connectivity index (χ3v) is 4.95. The summed E-state index contributed by atoms with van der Waals surface area (Å²) in [6.45, 7) is 1.26. The molecule has 0 atom stereocenters. The Morgan fingerprint density at radius 2 is 1.90 bits per heavy atom. The van der Waals surface area contributed by atoms with Crippen molar-refractivity contribution >= 4 is 17.5 Å². The molecule has 0 fully saturated rings. The molecule has 7 heteroatoms. The molecule has 2 aromatic carbocycles. The molecule has 0 saturated heterocycles. The quantitative estimate of drug-likeness (QED) is 0.719. The van der Waals surface area contributed by atoms with Gasteiger partial charge in [-0.3, -0.25) is 4.79 Å². The second-order valence-corrected chi connectivity index (χ2v) is 6.70. The minimum absolute atomic E-state index is 0.109. The Morgan fingerprint density at radius 3 is 2.69 bits per heavy atom. The molecular weight excluding hydrogens is 368 g/mol. The maximum absolute atomic E-state index is 13.0. The summed E-state index contributed by atoms with van der Waals surface area (Å²) >= 11 is 0. The summed E-state index contributed by atoms with van der Waals surface area (Å²) in [5.41, 5.74) is 3.49. The number of anilines is 2. The molecule has 29 heavy (non-hydrogen) atoms. The van der Waals surface area contributed by atoms with Gasteiger partial charge < -0.3 is 19.7 Å². The molecule has 0 saturated carbocycles. The Kier molecular flexibility index (Phi) is 5.29. The molecule has 4 rings (SSSR count). The zero-order valence-electron chi connectivity index (χ0n) is 16.4. The highest BCUT2D eigenvalue weighted by molar-refractivity contribution is 5.92. The van der Waals surface area contributed by atoms with Crippen LogP contribution in [0.2, 0.25) is 0 Å². The predicted molar refractivity (Wildman–Crippen MR) is 110 cm³/mol. The molecule has 0 radical (unpaired) electrons. The molecule has 1 aromatic heterocycles. The summed E-state index contributed by atoms with van der Waals surface area (Å²) in [5, 5.41) is 3.11. The van der Waals surface area contributed by atoms with Crippen molar-refractivity contribution in [2.75, 3.05) is 26.1 Å². The lowest BCUT2D eigenvalue weighted by Gasteiger charge is -2.28. The monoisotopic (exact) mass is 390 g/mol. The second-order valence-electron chi connectivity index (χ2n) is 6.70. The van der Waals surface area contributed by atoms with E-state index in [0.717, 1.165) is 6.42 Å². The van der Waals surface area contributed by atoms with Crippen LogP contribution in [0.5, 0.6) is 11.5 Å². The SMILES string of the molecule is COc1ccc(OC)c(Nc2nccc(C(=O)N3CCc4ccccc4C3)n2)c1. The lowest BCUT2D eigenvalue weighted by atomic mass is 10.00. The fraction of sp³-hybridized carbons (Fsp3) is 0.227. The maximum Gasteiger partial charge on any atom is 0.272 e. The number of carbonyl (C=O) groups is 1. The molecule has 2 heterocycles. The highest BCUT2D eigenvalue weighted by Crippen LogP contribution is 2.30. The van der Waals surface area contributed by atoms with Crippen molar-refractivity contribution in [3.63, 3.8) is 0 Å². The first-order valence-corrected chi connectivity index (χ1v) is 9.36. The van der Waals surface area contributed by atoms with Crippen molar-refractivity contribution in [2.45, 2.75) is 13.0 Å². The first-order valence-electron chi connectivity index (χ1n) is 9.36. The van der Waals surface area contributed by atoms with E-state index >= 15 is 0 Å². The number of carbonyl (C=O) groups excluding carboxylic acids is 1. The van der Waals surface area contributed by atoms with Crippen molar-refractivity contribution in [3.8, 4) is 11.5 Å². The van der Waals surface area contributed by atoms with Crippen LogP contribution in [-0.4, -0.2) is 41.5 Å². The Balaban J connectivity index is 1.54. The fourth-order valence-electron chi connectivity index (χ4n) is 3.40. The molecule has 1 aliphatic heterocycles. The Bertz CT molecular complexity index is 1040. The molecule has 0 aliphatic carbocycles. The fourth-order valence-corrected chi connectivity index (χ4v) is 3.40. The summed E-state index contributed by atoms with van der Waals surface area (Å²) < 4.78 is 10.6. The van der Waals surface area contributed by atoms with E-state index in [-0.39, 0.29) is 5.91 Å². The molecule has 7 nitrogen and oxygen atoms in total. The number of amides is 1. The van der Waals surface area contributed by atoms with Crippen LogP contribution in [0, 0.1) is 0 Å². The van der Waals surface area contributed by atoms with Gasteiger partial charge in [-0.2, -0.15) is 0 Å². The summed E-state index contributed by atoms with van der Waals surface area (Å²) in [4.78, 5) is 23.5. The largest absolute Gasteiger partial charge is 0.497 e. The van der Waals surface area contributed by atoms with E-state index < -0.39 is 0 Å².